The molecule has 0 unspecified atom stereocenters. The van der Waals surface area contributed by atoms with E-state index in [1.54, 1.807) is 0 Å². The minimum absolute atomic E-state index is 0.0938. The van der Waals surface area contributed by atoms with E-state index in [0.29, 0.717) is 5.92 Å². The minimum atomic E-state index is -0.738. The molecule has 0 heterocycles. The van der Waals surface area contributed by atoms with Gasteiger partial charge in [-0.05, 0) is 25.7 Å². The summed E-state index contributed by atoms with van der Waals surface area (Å²) in [5.74, 6) is 0.650. The highest BCUT2D eigenvalue weighted by Crippen LogP contribution is 2.36. The second kappa shape index (κ2) is 8.29. The number of nitriles is 1. The zero-order valence-corrected chi connectivity index (χ0v) is 13.5. The van der Waals surface area contributed by atoms with Gasteiger partial charge in [-0.25, -0.2) is 0 Å². The fourth-order valence-electron chi connectivity index (χ4n) is 3.22. The van der Waals surface area contributed by atoms with Crippen LogP contribution < -0.4 is 0 Å². The van der Waals surface area contributed by atoms with E-state index in [1.165, 1.54) is 0 Å². The maximum Gasteiger partial charge on any atom is 0.243 e. The number of nitrogens with zero attached hydrogens (tertiary/aromatic N) is 2. The van der Waals surface area contributed by atoms with Gasteiger partial charge in [-0.1, -0.05) is 52.4 Å². The molecule has 1 fully saturated rings. The average molecular weight is 278 g/mol. The van der Waals surface area contributed by atoms with Crippen molar-refractivity contribution in [2.75, 3.05) is 13.1 Å². The van der Waals surface area contributed by atoms with Gasteiger partial charge in [0.1, 0.15) is 5.41 Å². The fourth-order valence-corrected chi connectivity index (χ4v) is 3.22. The lowest BCUT2D eigenvalue weighted by molar-refractivity contribution is -0.140. The smallest absolute Gasteiger partial charge is 0.243 e. The number of rotatable bonds is 6. The van der Waals surface area contributed by atoms with E-state index in [0.717, 1.165) is 64.5 Å². The van der Waals surface area contributed by atoms with E-state index in [2.05, 4.69) is 19.9 Å². The third-order valence-electron chi connectivity index (χ3n) is 4.88. The van der Waals surface area contributed by atoms with Crippen LogP contribution in [0.5, 0.6) is 0 Å². The Bertz CT molecular complexity index is 333. The van der Waals surface area contributed by atoms with Crippen molar-refractivity contribution in [2.24, 2.45) is 11.3 Å². The van der Waals surface area contributed by atoms with E-state index in [1.807, 2.05) is 11.8 Å². The fraction of sp³-hybridized carbons (Fsp3) is 0.882. The summed E-state index contributed by atoms with van der Waals surface area (Å²) in [6.45, 7) is 7.92. The highest BCUT2D eigenvalue weighted by Gasteiger charge is 2.41. The molecule has 0 saturated heterocycles. The first-order valence-electron chi connectivity index (χ1n) is 8.34. The van der Waals surface area contributed by atoms with Crippen molar-refractivity contribution in [3.05, 3.63) is 0 Å². The number of carbonyl (C=O) groups is 1. The van der Waals surface area contributed by atoms with E-state index in [-0.39, 0.29) is 5.91 Å². The van der Waals surface area contributed by atoms with Gasteiger partial charge in [0.25, 0.3) is 0 Å². The highest BCUT2D eigenvalue weighted by molar-refractivity contribution is 5.85. The van der Waals surface area contributed by atoms with Crippen molar-refractivity contribution in [3.63, 3.8) is 0 Å². The van der Waals surface area contributed by atoms with Crippen LogP contribution in [-0.2, 0) is 4.79 Å². The summed E-state index contributed by atoms with van der Waals surface area (Å²) in [6.07, 6.45) is 8.05. The second-order valence-electron chi connectivity index (χ2n) is 6.13. The van der Waals surface area contributed by atoms with Crippen LogP contribution in [0, 0.1) is 22.7 Å². The maximum atomic E-state index is 12.9. The Morgan fingerprint density at radius 3 is 2.10 bits per heavy atom. The van der Waals surface area contributed by atoms with Crippen LogP contribution in [0.15, 0.2) is 0 Å². The monoisotopic (exact) mass is 278 g/mol. The molecule has 1 amide bonds. The lowest BCUT2D eigenvalue weighted by atomic mass is 9.80. The van der Waals surface area contributed by atoms with Crippen molar-refractivity contribution in [2.45, 2.75) is 72.1 Å². The maximum absolute atomic E-state index is 12.9. The van der Waals surface area contributed by atoms with Crippen molar-refractivity contribution >= 4 is 5.91 Å². The van der Waals surface area contributed by atoms with Crippen LogP contribution in [0.3, 0.4) is 0 Å². The molecule has 1 aliphatic rings. The predicted octanol–water partition coefficient (Wildman–Crippen LogP) is 4.14. The molecule has 0 spiro atoms. The summed E-state index contributed by atoms with van der Waals surface area (Å²) in [7, 11) is 0. The number of carbonyl (C=O) groups excluding carboxylic acids is 1. The van der Waals surface area contributed by atoms with Gasteiger partial charge in [0, 0.05) is 13.1 Å². The van der Waals surface area contributed by atoms with Gasteiger partial charge in [-0.3, -0.25) is 4.79 Å². The molecule has 3 nitrogen and oxygen atoms in total. The summed E-state index contributed by atoms with van der Waals surface area (Å²) < 4.78 is 0. The number of hydrogen-bond donors (Lipinski definition) is 0. The van der Waals surface area contributed by atoms with Crippen LogP contribution in [0.4, 0.5) is 0 Å². The lowest BCUT2D eigenvalue weighted by Crippen LogP contribution is -2.45. The molecule has 3 heteroatoms. The highest BCUT2D eigenvalue weighted by atomic mass is 16.2. The van der Waals surface area contributed by atoms with Crippen molar-refractivity contribution < 1.29 is 4.79 Å². The zero-order valence-electron chi connectivity index (χ0n) is 13.5. The van der Waals surface area contributed by atoms with Crippen LogP contribution in [0.1, 0.15) is 72.1 Å². The summed E-state index contributed by atoms with van der Waals surface area (Å²) >= 11 is 0. The van der Waals surface area contributed by atoms with Gasteiger partial charge in [-0.2, -0.15) is 5.26 Å². The molecule has 114 valence electrons. The van der Waals surface area contributed by atoms with Gasteiger partial charge >= 0.3 is 0 Å². The molecule has 1 aliphatic carbocycles. The largest absolute Gasteiger partial charge is 0.341 e. The standard InChI is InChI=1S/C17H30N2O/c1-4-15(5-2)13-19(6-3)16(20)17(14-18)11-9-7-8-10-12-17/h15H,4-13H2,1-3H3. The first-order chi connectivity index (χ1) is 9.63. The average Bonchev–Trinajstić information content (AvgIpc) is 2.74. The van der Waals surface area contributed by atoms with Crippen LogP contribution >= 0.6 is 0 Å². The molecular weight excluding hydrogens is 248 g/mol. The van der Waals surface area contributed by atoms with E-state index in [4.69, 9.17) is 0 Å². The normalized spacial score (nSPS) is 18.4. The Hall–Kier alpha value is -1.04. The van der Waals surface area contributed by atoms with Crippen LogP contribution in [0.25, 0.3) is 0 Å². The molecule has 1 rings (SSSR count). The molecule has 0 radical (unpaired) electrons. The Balaban J connectivity index is 2.84. The van der Waals surface area contributed by atoms with E-state index in [9.17, 15) is 10.1 Å². The molecule has 20 heavy (non-hydrogen) atoms. The SMILES string of the molecule is CCC(CC)CN(CC)C(=O)C1(C#N)CCCCCC1. The Labute approximate surface area is 124 Å². The molecule has 0 N–H and O–H groups in total. The van der Waals surface area contributed by atoms with Gasteiger partial charge in [-0.15, -0.1) is 0 Å². The lowest BCUT2D eigenvalue weighted by Gasteiger charge is -2.33. The molecule has 0 aromatic carbocycles. The van der Waals surface area contributed by atoms with Gasteiger partial charge in [0.05, 0.1) is 6.07 Å². The molecule has 1 saturated carbocycles. The van der Waals surface area contributed by atoms with E-state index >= 15 is 0 Å². The molecule has 0 aliphatic heterocycles. The quantitative estimate of drug-likeness (QED) is 0.685. The summed E-state index contributed by atoms with van der Waals surface area (Å²) in [6, 6.07) is 2.39. The van der Waals surface area contributed by atoms with Crippen molar-refractivity contribution in [3.8, 4) is 6.07 Å². The summed E-state index contributed by atoms with van der Waals surface area (Å²) in [5.41, 5.74) is -0.738. The molecule has 0 atom stereocenters. The molecular formula is C17H30N2O. The predicted molar refractivity (Wildman–Crippen MR) is 82.1 cm³/mol. The van der Waals surface area contributed by atoms with Gasteiger partial charge in [0.2, 0.25) is 5.91 Å². The molecule has 0 bridgehead atoms. The minimum Gasteiger partial charge on any atom is -0.341 e. The topological polar surface area (TPSA) is 44.1 Å². The van der Waals surface area contributed by atoms with Crippen molar-refractivity contribution in [1.29, 1.82) is 5.26 Å². The summed E-state index contributed by atoms with van der Waals surface area (Å²) in [4.78, 5) is 14.8. The third kappa shape index (κ3) is 3.98. The molecule has 0 aromatic rings. The van der Waals surface area contributed by atoms with E-state index < -0.39 is 5.41 Å². The number of hydrogen-bond acceptors (Lipinski definition) is 2. The van der Waals surface area contributed by atoms with Crippen LogP contribution in [-0.4, -0.2) is 23.9 Å². The first kappa shape index (κ1) is 17.0. The van der Waals surface area contributed by atoms with Crippen molar-refractivity contribution in [1.82, 2.24) is 4.90 Å². The molecule has 0 aromatic heterocycles. The first-order valence-corrected chi connectivity index (χ1v) is 8.34. The van der Waals surface area contributed by atoms with Gasteiger partial charge < -0.3 is 4.90 Å². The van der Waals surface area contributed by atoms with Gasteiger partial charge in [0.15, 0.2) is 0 Å². The number of amides is 1. The summed E-state index contributed by atoms with van der Waals surface area (Å²) in [5, 5.41) is 9.63. The zero-order chi connectivity index (χ0) is 15.0. The third-order valence-corrected chi connectivity index (χ3v) is 4.88. The van der Waals surface area contributed by atoms with Crippen LogP contribution in [0.2, 0.25) is 0 Å². The Morgan fingerprint density at radius 1 is 1.15 bits per heavy atom. The Morgan fingerprint density at radius 2 is 1.70 bits per heavy atom. The second-order valence-corrected chi connectivity index (χ2v) is 6.13. The Kier molecular flexibility index (Phi) is 7.05.